The molecule has 1 atom stereocenters. The van der Waals surface area contributed by atoms with Crippen LogP contribution in [0, 0.1) is 6.92 Å². The molecule has 0 aromatic carbocycles. The molecule has 0 aliphatic rings. The van der Waals surface area contributed by atoms with Crippen molar-refractivity contribution in [1.82, 2.24) is 14.5 Å². The normalized spacial score (nSPS) is 12.7. The van der Waals surface area contributed by atoms with Gasteiger partial charge in [-0.25, -0.2) is 9.97 Å². The molecule has 2 aromatic heterocycles. The minimum absolute atomic E-state index is 0.522. The van der Waals surface area contributed by atoms with E-state index in [0.717, 1.165) is 91.8 Å². The first-order chi connectivity index (χ1) is 12.6. The van der Waals surface area contributed by atoms with Crippen LogP contribution in [0.15, 0.2) is 6.20 Å². The number of anilines is 1. The van der Waals surface area contributed by atoms with E-state index < -0.39 is 10.8 Å². The zero-order chi connectivity index (χ0) is 18.9. The standard InChI is InChI=1S/C20H34N4OS/c1-4-6-11-17-23-18-19(16(3)15-22-20(18)21)24(17)12-9-8-10-14-26(25)13-7-5-2/h15H,4-14H2,1-3H3,(H2,21,22). The van der Waals surface area contributed by atoms with E-state index in [1.165, 1.54) is 0 Å². The number of rotatable bonds is 12. The number of hydrogen-bond donors (Lipinski definition) is 1. The smallest absolute Gasteiger partial charge is 0.151 e. The number of hydrogen-bond acceptors (Lipinski definition) is 4. The van der Waals surface area contributed by atoms with Gasteiger partial charge >= 0.3 is 0 Å². The average Bonchev–Trinajstić information content (AvgIpc) is 3.00. The Morgan fingerprint density at radius 1 is 1.08 bits per heavy atom. The molecule has 0 amide bonds. The minimum atomic E-state index is -0.642. The molecule has 0 bridgehead atoms. The van der Waals surface area contributed by atoms with E-state index in [4.69, 9.17) is 10.7 Å². The van der Waals surface area contributed by atoms with Crippen molar-refractivity contribution in [2.75, 3.05) is 17.2 Å². The number of unbranched alkanes of at least 4 members (excludes halogenated alkanes) is 4. The second kappa shape index (κ2) is 10.7. The fourth-order valence-corrected chi connectivity index (χ4v) is 4.59. The van der Waals surface area contributed by atoms with Crippen LogP contribution in [0.4, 0.5) is 5.82 Å². The molecule has 0 aliphatic carbocycles. The van der Waals surface area contributed by atoms with Gasteiger partial charge in [-0.2, -0.15) is 0 Å². The van der Waals surface area contributed by atoms with Gasteiger partial charge in [0.2, 0.25) is 0 Å². The van der Waals surface area contributed by atoms with Crippen molar-refractivity contribution in [2.45, 2.75) is 78.7 Å². The van der Waals surface area contributed by atoms with Crippen LogP contribution in [-0.4, -0.2) is 30.2 Å². The van der Waals surface area contributed by atoms with Crippen molar-refractivity contribution in [3.05, 3.63) is 17.6 Å². The first kappa shape index (κ1) is 20.9. The Bertz CT molecular complexity index is 726. The topological polar surface area (TPSA) is 73.8 Å². The van der Waals surface area contributed by atoms with Crippen LogP contribution in [0.5, 0.6) is 0 Å². The van der Waals surface area contributed by atoms with E-state index in [1.807, 2.05) is 6.20 Å². The molecular weight excluding hydrogens is 344 g/mol. The zero-order valence-electron chi connectivity index (χ0n) is 16.6. The molecule has 2 heterocycles. The summed E-state index contributed by atoms with van der Waals surface area (Å²) in [6.45, 7) is 7.37. The summed E-state index contributed by atoms with van der Waals surface area (Å²) in [5, 5.41) is 0. The molecule has 2 rings (SSSR count). The summed E-state index contributed by atoms with van der Waals surface area (Å²) in [4.78, 5) is 9.06. The van der Waals surface area contributed by atoms with Gasteiger partial charge in [0.05, 0.1) is 5.52 Å². The van der Waals surface area contributed by atoms with E-state index in [2.05, 4.69) is 30.3 Å². The third-order valence-electron chi connectivity index (χ3n) is 4.79. The summed E-state index contributed by atoms with van der Waals surface area (Å²) < 4.78 is 14.2. The summed E-state index contributed by atoms with van der Waals surface area (Å²) in [7, 11) is -0.642. The lowest BCUT2D eigenvalue weighted by molar-refractivity contribution is 0.582. The lowest BCUT2D eigenvalue weighted by Crippen LogP contribution is -2.07. The van der Waals surface area contributed by atoms with Crippen LogP contribution in [0.2, 0.25) is 0 Å². The second-order valence-electron chi connectivity index (χ2n) is 7.07. The van der Waals surface area contributed by atoms with Gasteiger partial charge in [-0.05, 0) is 38.2 Å². The minimum Gasteiger partial charge on any atom is -0.382 e. The van der Waals surface area contributed by atoms with Gasteiger partial charge < -0.3 is 10.3 Å². The number of fused-ring (bicyclic) bond motifs is 1. The van der Waals surface area contributed by atoms with Crippen LogP contribution in [0.25, 0.3) is 11.0 Å². The highest BCUT2D eigenvalue weighted by atomic mass is 32.2. The fourth-order valence-electron chi connectivity index (χ4n) is 3.25. The van der Waals surface area contributed by atoms with Crippen LogP contribution in [0.3, 0.4) is 0 Å². The predicted octanol–water partition coefficient (Wildman–Crippen LogP) is 4.38. The summed E-state index contributed by atoms with van der Waals surface area (Å²) in [5.74, 6) is 3.34. The van der Waals surface area contributed by atoms with Crippen LogP contribution < -0.4 is 5.73 Å². The van der Waals surface area contributed by atoms with Gasteiger partial charge in [0.1, 0.15) is 11.3 Å². The first-order valence-electron chi connectivity index (χ1n) is 10.0. The zero-order valence-corrected chi connectivity index (χ0v) is 17.4. The molecule has 26 heavy (non-hydrogen) atoms. The van der Waals surface area contributed by atoms with Crippen molar-refractivity contribution in [2.24, 2.45) is 0 Å². The van der Waals surface area contributed by atoms with E-state index >= 15 is 0 Å². The third-order valence-corrected chi connectivity index (χ3v) is 6.28. The predicted molar refractivity (Wildman–Crippen MR) is 112 cm³/mol. The molecule has 0 fully saturated rings. The maximum Gasteiger partial charge on any atom is 0.151 e. The Morgan fingerprint density at radius 2 is 1.81 bits per heavy atom. The highest BCUT2D eigenvalue weighted by molar-refractivity contribution is 7.84. The number of nitrogens with zero attached hydrogens (tertiary/aromatic N) is 3. The van der Waals surface area contributed by atoms with Crippen molar-refractivity contribution in [3.8, 4) is 0 Å². The second-order valence-corrected chi connectivity index (χ2v) is 8.77. The Hall–Kier alpha value is -1.43. The molecule has 1 unspecified atom stereocenters. The van der Waals surface area contributed by atoms with Crippen LogP contribution >= 0.6 is 0 Å². The number of pyridine rings is 1. The molecule has 2 N–H and O–H groups in total. The van der Waals surface area contributed by atoms with Crippen LogP contribution in [-0.2, 0) is 23.8 Å². The number of imidazole rings is 1. The summed E-state index contributed by atoms with van der Waals surface area (Å²) in [5.41, 5.74) is 9.17. The fraction of sp³-hybridized carbons (Fsp3) is 0.700. The van der Waals surface area contributed by atoms with Crippen molar-refractivity contribution in [3.63, 3.8) is 0 Å². The molecule has 5 nitrogen and oxygen atoms in total. The quantitative estimate of drug-likeness (QED) is 0.556. The summed E-state index contributed by atoms with van der Waals surface area (Å²) >= 11 is 0. The average molecular weight is 379 g/mol. The Kier molecular flexibility index (Phi) is 8.55. The van der Waals surface area contributed by atoms with Crippen LogP contribution in [0.1, 0.15) is 70.2 Å². The molecule has 0 spiro atoms. The monoisotopic (exact) mass is 378 g/mol. The summed E-state index contributed by atoms with van der Waals surface area (Å²) in [6.07, 6.45) is 10.5. The molecule has 0 saturated carbocycles. The van der Waals surface area contributed by atoms with Crippen molar-refractivity contribution in [1.29, 1.82) is 0 Å². The molecule has 0 saturated heterocycles. The van der Waals surface area contributed by atoms with Gasteiger partial charge in [0, 0.05) is 41.5 Å². The number of aryl methyl sites for hydroxylation is 3. The van der Waals surface area contributed by atoms with E-state index in [-0.39, 0.29) is 0 Å². The largest absolute Gasteiger partial charge is 0.382 e. The Labute approximate surface area is 160 Å². The third kappa shape index (κ3) is 5.53. The SMILES string of the molecule is CCCCc1nc2c(N)ncc(C)c2n1CCCCCS(=O)CCCC. The maximum atomic E-state index is 11.9. The maximum absolute atomic E-state index is 11.9. The van der Waals surface area contributed by atoms with Gasteiger partial charge in [-0.1, -0.05) is 33.1 Å². The lowest BCUT2D eigenvalue weighted by atomic mass is 10.2. The van der Waals surface area contributed by atoms with E-state index in [9.17, 15) is 4.21 Å². The molecule has 0 radical (unpaired) electrons. The van der Waals surface area contributed by atoms with Gasteiger partial charge in [-0.15, -0.1) is 0 Å². The van der Waals surface area contributed by atoms with E-state index in [0.29, 0.717) is 5.82 Å². The molecule has 0 aliphatic heterocycles. The molecule has 2 aromatic rings. The molecule has 6 heteroatoms. The highest BCUT2D eigenvalue weighted by Crippen LogP contribution is 2.25. The highest BCUT2D eigenvalue weighted by Gasteiger charge is 2.15. The Balaban J connectivity index is 2.01. The van der Waals surface area contributed by atoms with E-state index in [1.54, 1.807) is 0 Å². The summed E-state index contributed by atoms with van der Waals surface area (Å²) in [6, 6.07) is 0. The first-order valence-corrected chi connectivity index (χ1v) is 11.5. The number of aromatic nitrogens is 3. The molecule has 146 valence electrons. The van der Waals surface area contributed by atoms with Crippen molar-refractivity contribution >= 4 is 27.7 Å². The lowest BCUT2D eigenvalue weighted by Gasteiger charge is -2.10. The number of nitrogen functional groups attached to an aromatic ring is 1. The number of nitrogens with two attached hydrogens (primary N) is 1. The van der Waals surface area contributed by atoms with Gasteiger partial charge in [-0.3, -0.25) is 4.21 Å². The van der Waals surface area contributed by atoms with Gasteiger partial charge in [0.25, 0.3) is 0 Å². The van der Waals surface area contributed by atoms with Crippen molar-refractivity contribution < 1.29 is 4.21 Å². The Morgan fingerprint density at radius 3 is 2.54 bits per heavy atom. The molecular formula is C20H34N4OS. The van der Waals surface area contributed by atoms with Gasteiger partial charge in [0.15, 0.2) is 5.82 Å².